The lowest BCUT2D eigenvalue weighted by molar-refractivity contribution is 0.196. The van der Waals surface area contributed by atoms with Crippen molar-refractivity contribution in [1.29, 1.82) is 0 Å². The maximum atomic E-state index is 2.80. The molecule has 71 heavy (non-hydrogen) atoms. The number of rotatable bonds is 4. The third-order valence-corrected chi connectivity index (χ3v) is 19.9. The molecule has 0 radical (unpaired) electrons. The molecule has 15 rings (SSSR count). The highest BCUT2D eigenvalue weighted by Crippen LogP contribution is 2.67. The van der Waals surface area contributed by atoms with Gasteiger partial charge in [0.05, 0.1) is 16.5 Å². The predicted molar refractivity (Wildman–Crippen MR) is 299 cm³/mol. The lowest BCUT2D eigenvalue weighted by Gasteiger charge is -2.50. The fraction of sp³-hybridized carbons (Fsp3) is 0.246. The van der Waals surface area contributed by atoms with E-state index < -0.39 is 5.41 Å². The highest BCUT2D eigenvalue weighted by molar-refractivity contribution is 6.20. The standard InChI is InChI=1S/C69H60N2/c1-65-39-17-19-41-67(65,3)70(59-37-31-45-21-11-13-27-51(45)62(59)65)49-33-35-55-57(43-49)53-29-15-16-30-54(53)61-56-36-34-50(44-58(56)69(64(55)61,47-23-7-5-8-24-47)48-25-9-6-10-26-48)71-60-38-32-46-22-12-14-28-52(46)63(60)66(2)40-18-20-42-68(66,71)4/h5-16,21-38,43-44H,17-20,39-42H2,1-4H3. The molecular formula is C69H60N2. The van der Waals surface area contributed by atoms with Crippen LogP contribution in [0.4, 0.5) is 22.7 Å². The Bertz CT molecular complexity index is 3830. The Balaban J connectivity index is 1.02. The topological polar surface area (TPSA) is 6.48 Å². The molecule has 4 unspecified atom stereocenters. The maximum absolute atomic E-state index is 2.80. The van der Waals surface area contributed by atoms with Gasteiger partial charge in [-0.1, -0.05) is 197 Å². The predicted octanol–water partition coefficient (Wildman–Crippen LogP) is 18.1. The molecule has 2 saturated carbocycles. The van der Waals surface area contributed by atoms with Crippen molar-refractivity contribution in [3.8, 4) is 11.1 Å². The molecule has 0 amide bonds. The Morgan fingerprint density at radius 3 is 1.38 bits per heavy atom. The van der Waals surface area contributed by atoms with E-state index in [1.165, 1.54) is 149 Å². The van der Waals surface area contributed by atoms with Crippen molar-refractivity contribution in [2.75, 3.05) is 9.80 Å². The Morgan fingerprint density at radius 1 is 0.352 bits per heavy atom. The number of hydrogen-bond donors (Lipinski definition) is 0. The number of anilines is 4. The van der Waals surface area contributed by atoms with Gasteiger partial charge in [-0.2, -0.15) is 0 Å². The molecule has 2 fully saturated rings. The molecule has 2 heteroatoms. The number of hydrogen-bond acceptors (Lipinski definition) is 2. The highest BCUT2D eigenvalue weighted by atomic mass is 15.3. The average molecular weight is 917 g/mol. The van der Waals surface area contributed by atoms with E-state index in [1.54, 1.807) is 0 Å². The molecule has 0 spiro atoms. The van der Waals surface area contributed by atoms with E-state index in [-0.39, 0.29) is 21.9 Å². The molecule has 2 nitrogen and oxygen atoms in total. The van der Waals surface area contributed by atoms with Gasteiger partial charge in [0.15, 0.2) is 0 Å². The van der Waals surface area contributed by atoms with Crippen molar-refractivity contribution >= 4 is 65.8 Å². The molecule has 5 aliphatic rings. The third-order valence-electron chi connectivity index (χ3n) is 19.9. The summed E-state index contributed by atoms with van der Waals surface area (Å²) in [6.07, 6.45) is 9.70. The van der Waals surface area contributed by atoms with Crippen LogP contribution in [0, 0.1) is 0 Å². The van der Waals surface area contributed by atoms with Gasteiger partial charge in [0.25, 0.3) is 0 Å². The molecule has 10 aromatic carbocycles. The first kappa shape index (κ1) is 41.6. The second-order valence-electron chi connectivity index (χ2n) is 22.9. The Hall–Kier alpha value is -7.16. The van der Waals surface area contributed by atoms with Crippen molar-refractivity contribution in [2.45, 2.75) is 106 Å². The Kier molecular flexibility index (Phi) is 8.48. The van der Waals surface area contributed by atoms with E-state index in [2.05, 4.69) is 232 Å². The second-order valence-corrected chi connectivity index (χ2v) is 22.9. The van der Waals surface area contributed by atoms with Crippen LogP contribution in [0.1, 0.15) is 112 Å². The largest absolute Gasteiger partial charge is 0.334 e. The molecule has 0 saturated heterocycles. The minimum Gasteiger partial charge on any atom is -0.334 e. The van der Waals surface area contributed by atoms with Crippen LogP contribution in [0.5, 0.6) is 0 Å². The minimum atomic E-state index is -0.608. The lowest BCUT2D eigenvalue weighted by Crippen LogP contribution is -2.54. The zero-order valence-corrected chi connectivity index (χ0v) is 41.5. The minimum absolute atomic E-state index is 0.00142. The molecule has 346 valence electrons. The summed E-state index contributed by atoms with van der Waals surface area (Å²) in [5.41, 5.74) is 15.7. The van der Waals surface area contributed by atoms with Gasteiger partial charge in [0, 0.05) is 33.6 Å². The Morgan fingerprint density at radius 2 is 0.817 bits per heavy atom. The van der Waals surface area contributed by atoms with E-state index in [1.807, 2.05) is 0 Å². The number of nitrogens with zero attached hydrogens (tertiary/aromatic N) is 2. The summed E-state index contributed by atoms with van der Waals surface area (Å²) in [6.45, 7) is 10.3. The molecule has 0 N–H and O–H groups in total. The van der Waals surface area contributed by atoms with Crippen molar-refractivity contribution in [3.63, 3.8) is 0 Å². The number of fused-ring (bicyclic) bond motifs is 18. The van der Waals surface area contributed by atoms with Crippen molar-refractivity contribution in [2.24, 2.45) is 0 Å². The molecule has 2 aliphatic heterocycles. The van der Waals surface area contributed by atoms with Gasteiger partial charge < -0.3 is 9.80 Å². The summed E-state index contributed by atoms with van der Waals surface area (Å²) < 4.78 is 0. The molecule has 0 bridgehead atoms. The molecule has 0 aromatic heterocycles. The summed E-state index contributed by atoms with van der Waals surface area (Å²) in [7, 11) is 0. The first-order chi connectivity index (χ1) is 34.7. The van der Waals surface area contributed by atoms with Gasteiger partial charge in [-0.05, 0) is 164 Å². The molecule has 3 aliphatic carbocycles. The first-order valence-corrected chi connectivity index (χ1v) is 26.6. The van der Waals surface area contributed by atoms with Gasteiger partial charge in [0.1, 0.15) is 0 Å². The average Bonchev–Trinajstić information content (AvgIpc) is 3.93. The maximum Gasteiger partial charge on any atom is 0.0720 e. The summed E-state index contributed by atoms with van der Waals surface area (Å²) in [5.74, 6) is 0. The third kappa shape index (κ3) is 5.09. The molecule has 2 heterocycles. The first-order valence-electron chi connectivity index (χ1n) is 26.6. The van der Waals surface area contributed by atoms with Gasteiger partial charge >= 0.3 is 0 Å². The quantitative estimate of drug-likeness (QED) is 0.162. The fourth-order valence-corrected chi connectivity index (χ4v) is 16.4. The fourth-order valence-electron chi connectivity index (χ4n) is 16.4. The van der Waals surface area contributed by atoms with Crippen LogP contribution in [-0.4, -0.2) is 11.1 Å². The lowest BCUT2D eigenvalue weighted by atomic mass is 9.61. The van der Waals surface area contributed by atoms with Crippen molar-refractivity contribution < 1.29 is 0 Å². The second kappa shape index (κ2) is 14.5. The van der Waals surface area contributed by atoms with Crippen LogP contribution >= 0.6 is 0 Å². The van der Waals surface area contributed by atoms with E-state index in [9.17, 15) is 0 Å². The zero-order valence-electron chi connectivity index (χ0n) is 41.5. The SMILES string of the molecule is CC12CCCCC1(C)N(c1ccc3c(c1)C(c1ccccc1)(c1ccccc1)c1c-3c3ccccc3c3cc(N4c5ccc6ccccc6c5C5(C)CCCCC45C)ccc13)c1ccc3ccccc3c12. The van der Waals surface area contributed by atoms with Crippen molar-refractivity contribution in [1.82, 2.24) is 0 Å². The van der Waals surface area contributed by atoms with Crippen molar-refractivity contribution in [3.05, 3.63) is 228 Å². The molecule has 10 aromatic rings. The zero-order chi connectivity index (χ0) is 47.5. The summed E-state index contributed by atoms with van der Waals surface area (Å²) in [5, 5.41) is 10.8. The van der Waals surface area contributed by atoms with E-state index in [4.69, 9.17) is 0 Å². The highest BCUT2D eigenvalue weighted by Gasteiger charge is 2.60. The smallest absolute Gasteiger partial charge is 0.0720 e. The van der Waals surface area contributed by atoms with Crippen LogP contribution in [-0.2, 0) is 16.2 Å². The van der Waals surface area contributed by atoms with E-state index in [0.717, 1.165) is 12.8 Å². The Labute approximate surface area is 418 Å². The van der Waals surface area contributed by atoms with E-state index >= 15 is 0 Å². The van der Waals surface area contributed by atoms with Crippen LogP contribution in [0.3, 0.4) is 0 Å². The summed E-state index contributed by atoms with van der Waals surface area (Å²) in [6, 6.07) is 75.5. The van der Waals surface area contributed by atoms with Gasteiger partial charge in [0.2, 0.25) is 0 Å². The number of benzene rings is 10. The van der Waals surface area contributed by atoms with Crippen LogP contribution in [0.25, 0.3) is 54.2 Å². The monoisotopic (exact) mass is 916 g/mol. The van der Waals surface area contributed by atoms with Gasteiger partial charge in [-0.25, -0.2) is 0 Å². The normalized spacial score (nSPS) is 24.7. The molecular weight excluding hydrogens is 857 g/mol. The van der Waals surface area contributed by atoms with Crippen LogP contribution in [0.2, 0.25) is 0 Å². The van der Waals surface area contributed by atoms with Crippen LogP contribution < -0.4 is 9.80 Å². The van der Waals surface area contributed by atoms with E-state index in [0.29, 0.717) is 0 Å². The summed E-state index contributed by atoms with van der Waals surface area (Å²) in [4.78, 5) is 5.59. The summed E-state index contributed by atoms with van der Waals surface area (Å²) >= 11 is 0. The van der Waals surface area contributed by atoms with Crippen LogP contribution in [0.15, 0.2) is 194 Å². The molecule has 4 atom stereocenters. The van der Waals surface area contributed by atoms with Gasteiger partial charge in [-0.15, -0.1) is 0 Å². The van der Waals surface area contributed by atoms with Gasteiger partial charge in [-0.3, -0.25) is 0 Å².